The van der Waals surface area contributed by atoms with Gasteiger partial charge in [-0.05, 0) is 87.8 Å². The van der Waals surface area contributed by atoms with E-state index < -0.39 is 6.16 Å². The molecule has 12 heteroatoms. The molecule has 238 valence electrons. The Hall–Kier alpha value is -3.73. The van der Waals surface area contributed by atoms with Crippen LogP contribution in [0.1, 0.15) is 54.6 Å². The lowest BCUT2D eigenvalue weighted by Crippen LogP contribution is -2.36. The Morgan fingerprint density at radius 2 is 1.70 bits per heavy atom. The molecule has 1 aromatic heterocycles. The van der Waals surface area contributed by atoms with Gasteiger partial charge in [0.1, 0.15) is 11.4 Å². The number of ether oxygens (including phenoxy) is 3. The van der Waals surface area contributed by atoms with Crippen LogP contribution >= 0.6 is 24.0 Å². The average molecular weight is 649 g/mol. The van der Waals surface area contributed by atoms with Crippen molar-refractivity contribution in [1.82, 2.24) is 15.2 Å². The maximum atomic E-state index is 13.3. The summed E-state index contributed by atoms with van der Waals surface area (Å²) in [6.07, 6.45) is 4.60. The number of hydrogen-bond donors (Lipinski definition) is 3. The van der Waals surface area contributed by atoms with E-state index in [1.54, 1.807) is 6.07 Å². The second-order valence-corrected chi connectivity index (χ2v) is 11.3. The summed E-state index contributed by atoms with van der Waals surface area (Å²) in [5.74, 6) is 1.88. The molecule has 2 heterocycles. The van der Waals surface area contributed by atoms with Crippen molar-refractivity contribution in [2.45, 2.75) is 51.5 Å². The zero-order chi connectivity index (χ0) is 30.9. The number of fused-ring (bicyclic) bond motifs is 1. The summed E-state index contributed by atoms with van der Waals surface area (Å²) in [6.45, 7) is 3.71. The van der Waals surface area contributed by atoms with Crippen LogP contribution in [0.15, 0.2) is 42.5 Å². The molecule has 1 amide bonds. The number of carbonyl (C=O) groups excluding carboxylic acids is 1. The third kappa shape index (κ3) is 9.38. The van der Waals surface area contributed by atoms with Gasteiger partial charge in [0, 0.05) is 23.7 Å². The summed E-state index contributed by atoms with van der Waals surface area (Å²) in [7, 11) is 4.08. The van der Waals surface area contributed by atoms with Crippen molar-refractivity contribution in [3.05, 3.63) is 58.7 Å². The molecule has 2 aromatic carbocycles. The highest BCUT2D eigenvalue weighted by molar-refractivity contribution is 6.32. The number of nitrogens with zero attached hydrogens (tertiary/aromatic N) is 2. The third-order valence-electron chi connectivity index (χ3n) is 7.29. The fourth-order valence-electron chi connectivity index (χ4n) is 5.19. The van der Waals surface area contributed by atoms with Crippen molar-refractivity contribution in [3.8, 4) is 39.6 Å². The van der Waals surface area contributed by atoms with Crippen molar-refractivity contribution in [2.24, 2.45) is 0 Å². The van der Waals surface area contributed by atoms with E-state index in [1.165, 1.54) is 6.42 Å². The first kappa shape index (κ1) is 34.8. The molecule has 44 heavy (non-hydrogen) atoms. The van der Waals surface area contributed by atoms with E-state index in [9.17, 15) is 4.79 Å². The first-order valence-electron chi connectivity index (χ1n) is 14.3. The topological polar surface area (TPSA) is 130 Å². The highest BCUT2D eigenvalue weighted by Crippen LogP contribution is 2.42. The van der Waals surface area contributed by atoms with Gasteiger partial charge in [0.2, 0.25) is 6.79 Å². The van der Waals surface area contributed by atoms with Gasteiger partial charge in [0.05, 0.1) is 17.3 Å². The maximum Gasteiger partial charge on any atom is 0.503 e. The Balaban J connectivity index is 0.000000998. The summed E-state index contributed by atoms with van der Waals surface area (Å²) in [5, 5.41) is 17.7. The van der Waals surface area contributed by atoms with Gasteiger partial charge in [0.15, 0.2) is 11.5 Å². The van der Waals surface area contributed by atoms with E-state index in [0.29, 0.717) is 34.5 Å². The largest absolute Gasteiger partial charge is 0.503 e. The standard InChI is InChI=1S/C31H36ClN3O4.CH2O3.ClH/c1-20-16-28-29(39-19-38-28)18-24(20)23-11-13-26(31(36)33-22-8-5-4-6-9-22)34-30(23)21-10-12-25(32)27(17-21)37-15-7-14-35(2)3;2-1(3)4;/h10-13,16-18,22H,4-9,14-15,19H2,1-3H3,(H,33,36);(H2,2,3,4);1H. The normalized spacial score (nSPS) is 13.8. The van der Waals surface area contributed by atoms with Gasteiger partial charge < -0.3 is 34.6 Å². The molecule has 1 aliphatic carbocycles. The van der Waals surface area contributed by atoms with Gasteiger partial charge in [-0.15, -0.1) is 12.4 Å². The number of halogens is 2. The lowest BCUT2D eigenvalue weighted by atomic mass is 9.94. The quantitative estimate of drug-likeness (QED) is 0.207. The van der Waals surface area contributed by atoms with Gasteiger partial charge in [0.25, 0.3) is 5.91 Å². The van der Waals surface area contributed by atoms with Crippen LogP contribution in [0.25, 0.3) is 22.4 Å². The third-order valence-corrected chi connectivity index (χ3v) is 7.60. The van der Waals surface area contributed by atoms with Crippen LogP contribution < -0.4 is 19.5 Å². The molecule has 3 N–H and O–H groups in total. The summed E-state index contributed by atoms with van der Waals surface area (Å²) < 4.78 is 17.3. The van der Waals surface area contributed by atoms with E-state index in [0.717, 1.165) is 66.7 Å². The Morgan fingerprint density at radius 3 is 2.39 bits per heavy atom. The number of amides is 1. The molecule has 0 radical (unpaired) electrons. The molecular weight excluding hydrogens is 609 g/mol. The van der Waals surface area contributed by atoms with E-state index in [2.05, 4.69) is 10.2 Å². The number of nitrogens with one attached hydrogen (secondary N) is 1. The minimum absolute atomic E-state index is 0. The zero-order valence-electron chi connectivity index (χ0n) is 25.1. The van der Waals surface area contributed by atoms with Crippen LogP contribution in [0.3, 0.4) is 0 Å². The monoisotopic (exact) mass is 647 g/mol. The van der Waals surface area contributed by atoms with Gasteiger partial charge >= 0.3 is 6.16 Å². The molecule has 2 aliphatic rings. The Labute approximate surface area is 268 Å². The van der Waals surface area contributed by atoms with Crippen LogP contribution in [0.4, 0.5) is 4.79 Å². The molecule has 3 aromatic rings. The van der Waals surface area contributed by atoms with Crippen LogP contribution in [0, 0.1) is 6.92 Å². The van der Waals surface area contributed by atoms with Crippen LogP contribution in [-0.2, 0) is 0 Å². The molecule has 1 aliphatic heterocycles. The molecule has 0 spiro atoms. The number of benzene rings is 2. The summed E-state index contributed by atoms with van der Waals surface area (Å²) in [5.41, 5.74) is 4.77. The summed E-state index contributed by atoms with van der Waals surface area (Å²) >= 11 is 6.51. The Morgan fingerprint density at radius 1 is 1.02 bits per heavy atom. The molecule has 0 saturated heterocycles. The number of aryl methyl sites for hydroxylation is 1. The molecule has 5 rings (SSSR count). The molecule has 1 fully saturated rings. The lowest BCUT2D eigenvalue weighted by molar-refractivity contribution is 0.0922. The van der Waals surface area contributed by atoms with Crippen molar-refractivity contribution < 1.29 is 34.0 Å². The second kappa shape index (κ2) is 16.4. The van der Waals surface area contributed by atoms with Gasteiger partial charge in [-0.3, -0.25) is 4.79 Å². The van der Waals surface area contributed by atoms with Crippen molar-refractivity contribution in [3.63, 3.8) is 0 Å². The zero-order valence-corrected chi connectivity index (χ0v) is 26.7. The summed E-state index contributed by atoms with van der Waals surface area (Å²) in [4.78, 5) is 28.9. The highest BCUT2D eigenvalue weighted by atomic mass is 35.5. The fourth-order valence-corrected chi connectivity index (χ4v) is 5.36. The molecule has 10 nitrogen and oxygen atoms in total. The van der Waals surface area contributed by atoms with E-state index in [-0.39, 0.29) is 31.1 Å². The maximum absolute atomic E-state index is 13.3. The average Bonchev–Trinajstić information content (AvgIpc) is 3.43. The molecule has 0 bridgehead atoms. The number of aromatic nitrogens is 1. The van der Waals surface area contributed by atoms with Crippen LogP contribution in [0.2, 0.25) is 5.02 Å². The highest BCUT2D eigenvalue weighted by Gasteiger charge is 2.22. The molecular formula is C32H39Cl2N3O7. The first-order chi connectivity index (χ1) is 20.6. The van der Waals surface area contributed by atoms with E-state index in [4.69, 9.17) is 45.8 Å². The Bertz CT molecular complexity index is 1440. The minimum atomic E-state index is -1.83. The number of rotatable bonds is 9. The van der Waals surface area contributed by atoms with Crippen LogP contribution in [0.5, 0.6) is 17.2 Å². The Kier molecular flexibility index (Phi) is 12.9. The number of carbonyl (C=O) groups is 2. The predicted octanol–water partition coefficient (Wildman–Crippen LogP) is 7.14. The van der Waals surface area contributed by atoms with E-state index >= 15 is 0 Å². The second-order valence-electron chi connectivity index (χ2n) is 10.9. The molecule has 0 unspecified atom stereocenters. The number of pyridine rings is 1. The number of carboxylic acid groups (broad SMARTS) is 2. The van der Waals surface area contributed by atoms with Gasteiger partial charge in [-0.25, -0.2) is 9.78 Å². The van der Waals surface area contributed by atoms with Crippen molar-refractivity contribution in [2.75, 3.05) is 34.0 Å². The van der Waals surface area contributed by atoms with Crippen molar-refractivity contribution in [1.29, 1.82) is 0 Å². The summed E-state index contributed by atoms with van der Waals surface area (Å²) in [6, 6.07) is 13.6. The predicted molar refractivity (Wildman–Crippen MR) is 172 cm³/mol. The van der Waals surface area contributed by atoms with Crippen LogP contribution in [-0.4, -0.2) is 72.2 Å². The van der Waals surface area contributed by atoms with Crippen molar-refractivity contribution >= 4 is 36.1 Å². The fraction of sp³-hybridized carbons (Fsp3) is 0.406. The minimum Gasteiger partial charge on any atom is -0.492 e. The lowest BCUT2D eigenvalue weighted by Gasteiger charge is -2.23. The SMILES string of the molecule is Cc1cc2c(cc1-c1ccc(C(=O)NC3CCCCC3)nc1-c1ccc(Cl)c(OCCCN(C)C)c1)OCO2.Cl.O=C(O)O. The molecule has 1 saturated carbocycles. The molecule has 0 atom stereocenters. The van der Waals surface area contributed by atoms with Gasteiger partial charge in [-0.1, -0.05) is 36.9 Å². The first-order valence-corrected chi connectivity index (χ1v) is 14.7. The van der Waals surface area contributed by atoms with Gasteiger partial charge in [-0.2, -0.15) is 0 Å². The van der Waals surface area contributed by atoms with E-state index in [1.807, 2.05) is 57.4 Å². The number of hydrogen-bond acceptors (Lipinski definition) is 7. The smallest absolute Gasteiger partial charge is 0.492 e.